The Hall–Kier alpha value is -3.39. The number of rotatable bonds is 6. The van der Waals surface area contributed by atoms with Crippen molar-refractivity contribution in [3.8, 4) is 11.5 Å². The summed E-state index contributed by atoms with van der Waals surface area (Å²) in [6, 6.07) is 10.8. The molecule has 1 N–H and O–H groups in total. The molecule has 0 spiro atoms. The molecule has 0 saturated carbocycles. The van der Waals surface area contributed by atoms with E-state index < -0.39 is 11.0 Å². The predicted octanol–water partition coefficient (Wildman–Crippen LogP) is 5.36. The molecule has 3 aromatic rings. The zero-order valence-corrected chi connectivity index (χ0v) is 17.7. The molecule has 156 valence electrons. The van der Waals surface area contributed by atoms with Crippen LogP contribution in [0.5, 0.6) is 11.5 Å². The van der Waals surface area contributed by atoms with E-state index in [9.17, 15) is 14.9 Å². The fourth-order valence-corrected chi connectivity index (χ4v) is 3.14. The van der Waals surface area contributed by atoms with Gasteiger partial charge in [-0.2, -0.15) is 5.10 Å². The summed E-state index contributed by atoms with van der Waals surface area (Å²) in [5.74, 6) is 0.393. The van der Waals surface area contributed by atoms with E-state index in [4.69, 9.17) is 16.3 Å². The first kappa shape index (κ1) is 21.3. The van der Waals surface area contributed by atoms with Crippen molar-refractivity contribution < 1.29 is 14.5 Å². The number of hydrogen-bond donors (Lipinski definition) is 1. The highest BCUT2D eigenvalue weighted by molar-refractivity contribution is 6.31. The van der Waals surface area contributed by atoms with Gasteiger partial charge in [-0.05, 0) is 45.4 Å². The minimum Gasteiger partial charge on any atom is -0.457 e. The summed E-state index contributed by atoms with van der Waals surface area (Å²) >= 11 is 6.17. The van der Waals surface area contributed by atoms with Gasteiger partial charge in [0.05, 0.1) is 33.1 Å². The van der Waals surface area contributed by atoms with Crippen LogP contribution in [0.4, 0.5) is 11.4 Å². The third-order valence-corrected chi connectivity index (χ3v) is 5.12. The molecule has 0 radical (unpaired) electrons. The molecule has 0 saturated heterocycles. The topological polar surface area (TPSA) is 99.3 Å². The van der Waals surface area contributed by atoms with Crippen LogP contribution < -0.4 is 10.1 Å². The Morgan fingerprint density at radius 2 is 1.93 bits per heavy atom. The van der Waals surface area contributed by atoms with Crippen LogP contribution in [0.2, 0.25) is 5.02 Å². The molecule has 9 heteroatoms. The quantitative estimate of drug-likeness (QED) is 0.420. The molecule has 0 aliphatic rings. The number of nitrogens with zero attached hydrogens (tertiary/aromatic N) is 3. The highest BCUT2D eigenvalue weighted by atomic mass is 35.5. The Morgan fingerprint density at radius 3 is 2.53 bits per heavy atom. The maximum atomic E-state index is 12.8. The molecular weight excluding hydrogens is 408 g/mol. The Balaban J connectivity index is 1.87. The Labute approximate surface area is 178 Å². The molecule has 0 fully saturated rings. The largest absolute Gasteiger partial charge is 0.457 e. The van der Waals surface area contributed by atoms with E-state index >= 15 is 0 Å². The van der Waals surface area contributed by atoms with E-state index in [-0.39, 0.29) is 23.0 Å². The number of nitro benzene ring substituents is 1. The lowest BCUT2D eigenvalue weighted by Crippen LogP contribution is -2.25. The van der Waals surface area contributed by atoms with Crippen LogP contribution in [0.3, 0.4) is 0 Å². The number of aryl methyl sites for hydroxylation is 2. The van der Waals surface area contributed by atoms with Gasteiger partial charge in [-0.3, -0.25) is 19.6 Å². The van der Waals surface area contributed by atoms with Gasteiger partial charge in [0.2, 0.25) is 5.91 Å². The number of amides is 1. The molecule has 0 aliphatic carbocycles. The van der Waals surface area contributed by atoms with Crippen LogP contribution in [-0.2, 0) is 4.79 Å². The smallest absolute Gasteiger partial charge is 0.275 e. The Morgan fingerprint density at radius 1 is 1.20 bits per heavy atom. The van der Waals surface area contributed by atoms with Gasteiger partial charge in [0.1, 0.15) is 17.5 Å². The number of carbonyl (C=O) groups is 1. The van der Waals surface area contributed by atoms with Gasteiger partial charge in [0, 0.05) is 12.1 Å². The summed E-state index contributed by atoms with van der Waals surface area (Å²) in [7, 11) is 0. The molecule has 0 bridgehead atoms. The van der Waals surface area contributed by atoms with Crippen molar-refractivity contribution in [3.05, 3.63) is 74.6 Å². The Bertz CT molecular complexity index is 1130. The standard InChI is InChI=1S/C21H21ClN4O4/c1-12-6-5-7-18(8-12)30-19-10-16(9-17(11-19)26(28)29)23-21(27)15(4)25-14(3)20(22)13(2)24-25/h5-11,15H,1-4H3,(H,23,27). The van der Waals surface area contributed by atoms with Gasteiger partial charge in [-0.1, -0.05) is 23.7 Å². The van der Waals surface area contributed by atoms with Gasteiger partial charge in [-0.15, -0.1) is 0 Å². The molecule has 1 heterocycles. The highest BCUT2D eigenvalue weighted by Gasteiger charge is 2.22. The molecule has 30 heavy (non-hydrogen) atoms. The van der Waals surface area contributed by atoms with E-state index in [0.29, 0.717) is 22.2 Å². The molecule has 0 aliphatic heterocycles. The molecule has 1 atom stereocenters. The number of nitrogens with one attached hydrogen (secondary N) is 1. The number of halogens is 1. The zero-order chi connectivity index (χ0) is 22.0. The first-order valence-corrected chi connectivity index (χ1v) is 9.59. The number of anilines is 1. The number of non-ortho nitro benzene ring substituents is 1. The lowest BCUT2D eigenvalue weighted by molar-refractivity contribution is -0.384. The van der Waals surface area contributed by atoms with Gasteiger partial charge in [0.15, 0.2) is 0 Å². The van der Waals surface area contributed by atoms with Crippen molar-refractivity contribution in [2.45, 2.75) is 33.7 Å². The third kappa shape index (κ3) is 4.60. The highest BCUT2D eigenvalue weighted by Crippen LogP contribution is 2.31. The van der Waals surface area contributed by atoms with Gasteiger partial charge in [-0.25, -0.2) is 0 Å². The predicted molar refractivity (Wildman–Crippen MR) is 114 cm³/mol. The average molecular weight is 429 g/mol. The summed E-state index contributed by atoms with van der Waals surface area (Å²) in [6.45, 7) is 7.12. The van der Waals surface area contributed by atoms with E-state index in [1.807, 2.05) is 25.1 Å². The molecule has 1 unspecified atom stereocenters. The summed E-state index contributed by atoms with van der Waals surface area (Å²) in [4.78, 5) is 23.6. The SMILES string of the molecule is Cc1cccc(Oc2cc(NC(=O)C(C)n3nc(C)c(Cl)c3C)cc([N+](=O)[O-])c2)c1. The van der Waals surface area contributed by atoms with Crippen LogP contribution in [0.15, 0.2) is 42.5 Å². The molecule has 3 rings (SSSR count). The van der Waals surface area contributed by atoms with Crippen LogP contribution in [0.1, 0.15) is 29.9 Å². The van der Waals surface area contributed by atoms with Crippen LogP contribution >= 0.6 is 11.6 Å². The van der Waals surface area contributed by atoms with Crippen molar-refractivity contribution in [1.82, 2.24) is 9.78 Å². The lowest BCUT2D eigenvalue weighted by atomic mass is 10.2. The van der Waals surface area contributed by atoms with Crippen LogP contribution in [0.25, 0.3) is 0 Å². The van der Waals surface area contributed by atoms with Crippen molar-refractivity contribution in [2.24, 2.45) is 0 Å². The second-order valence-electron chi connectivity index (χ2n) is 6.99. The number of carbonyl (C=O) groups excluding carboxylic acids is 1. The van der Waals surface area contributed by atoms with Gasteiger partial charge in [0.25, 0.3) is 5.69 Å². The normalized spacial score (nSPS) is 11.8. The number of aromatic nitrogens is 2. The van der Waals surface area contributed by atoms with Crippen molar-refractivity contribution in [2.75, 3.05) is 5.32 Å². The lowest BCUT2D eigenvalue weighted by Gasteiger charge is -2.15. The minimum absolute atomic E-state index is 0.197. The van der Waals surface area contributed by atoms with E-state index in [2.05, 4.69) is 10.4 Å². The molecule has 1 aromatic heterocycles. The maximum absolute atomic E-state index is 12.8. The monoisotopic (exact) mass is 428 g/mol. The average Bonchev–Trinajstić information content (AvgIpc) is 2.94. The first-order chi connectivity index (χ1) is 14.2. The minimum atomic E-state index is -0.670. The van der Waals surface area contributed by atoms with Crippen LogP contribution in [-0.4, -0.2) is 20.6 Å². The summed E-state index contributed by atoms with van der Waals surface area (Å²) < 4.78 is 7.29. The third-order valence-electron chi connectivity index (χ3n) is 4.58. The summed E-state index contributed by atoms with van der Waals surface area (Å²) in [5.41, 5.74) is 2.33. The van der Waals surface area contributed by atoms with Crippen molar-refractivity contribution >= 4 is 28.9 Å². The van der Waals surface area contributed by atoms with Crippen molar-refractivity contribution in [3.63, 3.8) is 0 Å². The molecule has 1 amide bonds. The second kappa shape index (κ2) is 8.54. The van der Waals surface area contributed by atoms with E-state index in [1.54, 1.807) is 26.8 Å². The summed E-state index contributed by atoms with van der Waals surface area (Å²) in [5, 5.41) is 18.8. The second-order valence-corrected chi connectivity index (χ2v) is 7.36. The molecule has 8 nitrogen and oxygen atoms in total. The maximum Gasteiger partial charge on any atom is 0.275 e. The number of benzene rings is 2. The van der Waals surface area contributed by atoms with Crippen LogP contribution in [0, 0.1) is 30.9 Å². The zero-order valence-electron chi connectivity index (χ0n) is 17.0. The number of nitro groups is 1. The fourth-order valence-electron chi connectivity index (χ4n) is 3.01. The first-order valence-electron chi connectivity index (χ1n) is 9.21. The van der Waals surface area contributed by atoms with E-state index in [0.717, 1.165) is 5.56 Å². The number of ether oxygens (including phenoxy) is 1. The van der Waals surface area contributed by atoms with Crippen molar-refractivity contribution in [1.29, 1.82) is 0 Å². The molecular formula is C21H21ClN4O4. The number of hydrogen-bond acceptors (Lipinski definition) is 5. The summed E-state index contributed by atoms with van der Waals surface area (Å²) in [6.07, 6.45) is 0. The Kier molecular flexibility index (Phi) is 6.07. The van der Waals surface area contributed by atoms with Gasteiger partial charge < -0.3 is 10.1 Å². The van der Waals surface area contributed by atoms with E-state index in [1.165, 1.54) is 22.9 Å². The fraction of sp³-hybridized carbons (Fsp3) is 0.238. The van der Waals surface area contributed by atoms with Gasteiger partial charge >= 0.3 is 0 Å². The molecule has 2 aromatic carbocycles.